The normalized spacial score (nSPS) is 11.1. The zero-order valence-corrected chi connectivity index (χ0v) is 15.7. The van der Waals surface area contributed by atoms with Gasteiger partial charge in [0.15, 0.2) is 11.0 Å². The maximum absolute atomic E-state index is 13.0. The minimum atomic E-state index is -0.309. The predicted molar refractivity (Wildman–Crippen MR) is 101 cm³/mol. The Morgan fingerprint density at radius 1 is 1.04 bits per heavy atom. The molecule has 0 N–H and O–H groups in total. The smallest absolute Gasteiger partial charge is 0.237 e. The van der Waals surface area contributed by atoms with Crippen LogP contribution in [0.3, 0.4) is 0 Å². The van der Waals surface area contributed by atoms with E-state index >= 15 is 0 Å². The molecule has 2 aromatic heterocycles. The van der Waals surface area contributed by atoms with Gasteiger partial charge < -0.3 is 9.09 Å². The predicted octanol–water partition coefficient (Wildman–Crippen LogP) is 4.62. The number of rotatable bonds is 5. The Hall–Kier alpha value is -2.71. The van der Waals surface area contributed by atoms with Gasteiger partial charge in [-0.25, -0.2) is 4.39 Å². The van der Waals surface area contributed by atoms with Gasteiger partial charge in [-0.05, 0) is 48.5 Å². The highest BCUT2D eigenvalue weighted by molar-refractivity contribution is 7.98. The zero-order chi connectivity index (χ0) is 18.8. The number of hydrogen-bond acceptors (Lipinski definition) is 6. The summed E-state index contributed by atoms with van der Waals surface area (Å²) in [5.41, 5.74) is 1.62. The van der Waals surface area contributed by atoms with E-state index < -0.39 is 0 Å². The number of thioether (sulfide) groups is 1. The van der Waals surface area contributed by atoms with Crippen molar-refractivity contribution in [3.05, 3.63) is 65.3 Å². The fourth-order valence-electron chi connectivity index (χ4n) is 2.45. The molecule has 0 spiro atoms. The molecule has 0 aliphatic carbocycles. The molecule has 136 valence electrons. The van der Waals surface area contributed by atoms with Crippen molar-refractivity contribution in [2.45, 2.75) is 10.9 Å². The number of benzene rings is 2. The quantitative estimate of drug-likeness (QED) is 0.454. The molecule has 9 heteroatoms. The van der Waals surface area contributed by atoms with Gasteiger partial charge in [-0.2, -0.15) is 4.98 Å². The molecule has 0 aliphatic rings. The second-order valence-corrected chi connectivity index (χ2v) is 7.06. The highest BCUT2D eigenvalue weighted by atomic mass is 35.5. The van der Waals surface area contributed by atoms with Gasteiger partial charge in [0.1, 0.15) is 5.82 Å². The standard InChI is InChI=1S/C18H13ClFN5OS/c1-25-17(12-2-6-13(19)7-3-12)22-23-18(25)27-10-15-21-16(24-26-15)11-4-8-14(20)9-5-11/h2-9H,10H2,1H3. The Kier molecular flexibility index (Phi) is 4.91. The fraction of sp³-hybridized carbons (Fsp3) is 0.111. The highest BCUT2D eigenvalue weighted by Gasteiger charge is 2.14. The highest BCUT2D eigenvalue weighted by Crippen LogP contribution is 2.26. The first-order valence-electron chi connectivity index (χ1n) is 7.97. The number of hydrogen-bond donors (Lipinski definition) is 0. The summed E-state index contributed by atoms with van der Waals surface area (Å²) in [5.74, 6) is 1.75. The van der Waals surface area contributed by atoms with Gasteiger partial charge in [-0.15, -0.1) is 10.2 Å². The first-order chi connectivity index (χ1) is 13.1. The molecule has 0 fully saturated rings. The summed E-state index contributed by atoms with van der Waals surface area (Å²) in [6, 6.07) is 13.4. The summed E-state index contributed by atoms with van der Waals surface area (Å²) in [4.78, 5) is 4.34. The van der Waals surface area contributed by atoms with Crippen LogP contribution >= 0.6 is 23.4 Å². The Balaban J connectivity index is 1.46. The summed E-state index contributed by atoms with van der Waals surface area (Å²) in [5, 5.41) is 13.8. The van der Waals surface area contributed by atoms with E-state index in [1.165, 1.54) is 23.9 Å². The molecule has 4 aromatic rings. The van der Waals surface area contributed by atoms with Crippen molar-refractivity contribution in [1.82, 2.24) is 24.9 Å². The summed E-state index contributed by atoms with van der Waals surface area (Å²) in [7, 11) is 1.89. The van der Waals surface area contributed by atoms with Crippen molar-refractivity contribution in [3.63, 3.8) is 0 Å². The van der Waals surface area contributed by atoms with Gasteiger partial charge >= 0.3 is 0 Å². The van der Waals surface area contributed by atoms with E-state index in [1.54, 1.807) is 12.1 Å². The first kappa shape index (κ1) is 17.7. The Morgan fingerprint density at radius 3 is 2.48 bits per heavy atom. The molecule has 0 atom stereocenters. The lowest BCUT2D eigenvalue weighted by molar-refractivity contribution is 0.391. The molecule has 27 heavy (non-hydrogen) atoms. The lowest BCUT2D eigenvalue weighted by Crippen LogP contribution is -1.95. The first-order valence-corrected chi connectivity index (χ1v) is 9.33. The van der Waals surface area contributed by atoms with Gasteiger partial charge in [0.05, 0.1) is 5.75 Å². The van der Waals surface area contributed by atoms with Gasteiger partial charge in [-0.3, -0.25) is 0 Å². The third-order valence-corrected chi connectivity index (χ3v) is 5.09. The maximum Gasteiger partial charge on any atom is 0.237 e. The summed E-state index contributed by atoms with van der Waals surface area (Å²) < 4.78 is 20.2. The van der Waals surface area contributed by atoms with E-state index in [1.807, 2.05) is 35.9 Å². The number of aromatic nitrogens is 5. The maximum atomic E-state index is 13.0. The van der Waals surface area contributed by atoms with Crippen molar-refractivity contribution in [3.8, 4) is 22.8 Å². The molecule has 0 bridgehead atoms. The minimum Gasteiger partial charge on any atom is -0.338 e. The van der Waals surface area contributed by atoms with Crippen LogP contribution in [0.1, 0.15) is 5.89 Å². The van der Waals surface area contributed by atoms with Crippen LogP contribution in [0.5, 0.6) is 0 Å². The van der Waals surface area contributed by atoms with E-state index in [0.717, 1.165) is 16.5 Å². The summed E-state index contributed by atoms with van der Waals surface area (Å²) >= 11 is 7.36. The van der Waals surface area contributed by atoms with Gasteiger partial charge in [0.2, 0.25) is 11.7 Å². The molecule has 0 saturated heterocycles. The van der Waals surface area contributed by atoms with Crippen LogP contribution in [-0.2, 0) is 12.8 Å². The molecular formula is C18H13ClFN5OS. The van der Waals surface area contributed by atoms with Crippen LogP contribution < -0.4 is 0 Å². The van der Waals surface area contributed by atoms with Gasteiger partial charge in [-0.1, -0.05) is 28.5 Å². The SMILES string of the molecule is Cn1c(SCc2nc(-c3ccc(F)cc3)no2)nnc1-c1ccc(Cl)cc1. The van der Waals surface area contributed by atoms with Crippen molar-refractivity contribution in [2.24, 2.45) is 7.05 Å². The van der Waals surface area contributed by atoms with Crippen LogP contribution in [0, 0.1) is 5.82 Å². The molecule has 0 aliphatic heterocycles. The number of nitrogens with zero attached hydrogens (tertiary/aromatic N) is 5. The largest absolute Gasteiger partial charge is 0.338 e. The monoisotopic (exact) mass is 401 g/mol. The molecule has 4 rings (SSSR count). The van der Waals surface area contributed by atoms with E-state index in [9.17, 15) is 4.39 Å². The van der Waals surface area contributed by atoms with E-state index in [0.29, 0.717) is 28.1 Å². The average molecular weight is 402 g/mol. The second-order valence-electron chi connectivity index (χ2n) is 5.68. The lowest BCUT2D eigenvalue weighted by Gasteiger charge is -2.03. The topological polar surface area (TPSA) is 69.6 Å². The minimum absolute atomic E-state index is 0.309. The van der Waals surface area contributed by atoms with Crippen molar-refractivity contribution in [2.75, 3.05) is 0 Å². The van der Waals surface area contributed by atoms with E-state index in [2.05, 4.69) is 20.3 Å². The molecule has 0 radical (unpaired) electrons. The second kappa shape index (κ2) is 7.50. The summed E-state index contributed by atoms with van der Waals surface area (Å²) in [6.07, 6.45) is 0. The van der Waals surface area contributed by atoms with E-state index in [-0.39, 0.29) is 5.82 Å². The molecule has 0 unspecified atom stereocenters. The van der Waals surface area contributed by atoms with Crippen molar-refractivity contribution < 1.29 is 8.91 Å². The van der Waals surface area contributed by atoms with Crippen LogP contribution in [0.25, 0.3) is 22.8 Å². The Bertz CT molecular complexity index is 1060. The van der Waals surface area contributed by atoms with E-state index in [4.69, 9.17) is 16.1 Å². The lowest BCUT2D eigenvalue weighted by atomic mass is 10.2. The van der Waals surface area contributed by atoms with Crippen molar-refractivity contribution >= 4 is 23.4 Å². The molecule has 2 aromatic carbocycles. The third kappa shape index (κ3) is 3.86. The van der Waals surface area contributed by atoms with Crippen LogP contribution in [-0.4, -0.2) is 24.9 Å². The molecule has 0 saturated carbocycles. The molecule has 2 heterocycles. The zero-order valence-electron chi connectivity index (χ0n) is 14.1. The molecule has 0 amide bonds. The van der Waals surface area contributed by atoms with Crippen molar-refractivity contribution in [1.29, 1.82) is 0 Å². The average Bonchev–Trinajstić information content (AvgIpc) is 3.28. The van der Waals surface area contributed by atoms with Crippen LogP contribution in [0.15, 0.2) is 58.2 Å². The third-order valence-electron chi connectivity index (χ3n) is 3.83. The van der Waals surface area contributed by atoms with Crippen LogP contribution in [0.2, 0.25) is 5.02 Å². The number of halogens is 2. The Morgan fingerprint density at radius 2 is 1.74 bits per heavy atom. The summed E-state index contributed by atoms with van der Waals surface area (Å²) in [6.45, 7) is 0. The van der Waals surface area contributed by atoms with Gasteiger partial charge in [0.25, 0.3) is 0 Å². The molecule has 6 nitrogen and oxygen atoms in total. The fourth-order valence-corrected chi connectivity index (χ4v) is 3.32. The van der Waals surface area contributed by atoms with Crippen LogP contribution in [0.4, 0.5) is 4.39 Å². The molecular weight excluding hydrogens is 389 g/mol. The van der Waals surface area contributed by atoms with Gasteiger partial charge in [0, 0.05) is 23.2 Å². The Labute approximate surface area is 163 Å².